The van der Waals surface area contributed by atoms with Crippen molar-refractivity contribution in [2.24, 2.45) is 0 Å². The standard InChI is InChI=1S/C26H24FN5OS/c27-22-13-7-8-14-23(22)30-15-17-31(18-16-30)24(33)19-34-26-29-28-25(20-9-3-1-4-10-20)32(26)21-11-5-2-6-12-21/h1-14H,15-19H2. The van der Waals surface area contributed by atoms with Crippen molar-refractivity contribution in [1.29, 1.82) is 0 Å². The Balaban J connectivity index is 1.28. The molecule has 1 aliphatic heterocycles. The van der Waals surface area contributed by atoms with Gasteiger partial charge in [-0.05, 0) is 24.3 Å². The Morgan fingerprint density at radius 1 is 0.824 bits per heavy atom. The lowest BCUT2D eigenvalue weighted by Gasteiger charge is -2.36. The zero-order valence-corrected chi connectivity index (χ0v) is 19.4. The van der Waals surface area contributed by atoms with E-state index in [1.165, 1.54) is 17.8 Å². The van der Waals surface area contributed by atoms with E-state index in [1.807, 2.05) is 81.1 Å². The van der Waals surface area contributed by atoms with Crippen LogP contribution in [0.1, 0.15) is 0 Å². The van der Waals surface area contributed by atoms with E-state index in [0.29, 0.717) is 37.0 Å². The van der Waals surface area contributed by atoms with Gasteiger partial charge in [0.15, 0.2) is 11.0 Å². The minimum atomic E-state index is -0.229. The molecule has 0 atom stereocenters. The summed E-state index contributed by atoms with van der Waals surface area (Å²) < 4.78 is 16.1. The Kier molecular flexibility index (Phi) is 6.58. The van der Waals surface area contributed by atoms with E-state index >= 15 is 0 Å². The number of hydrogen-bond donors (Lipinski definition) is 0. The number of carbonyl (C=O) groups is 1. The highest BCUT2D eigenvalue weighted by atomic mass is 32.2. The van der Waals surface area contributed by atoms with Crippen LogP contribution in [0.25, 0.3) is 17.1 Å². The van der Waals surface area contributed by atoms with E-state index in [-0.39, 0.29) is 17.5 Å². The topological polar surface area (TPSA) is 54.3 Å². The maximum absolute atomic E-state index is 14.1. The van der Waals surface area contributed by atoms with Crippen LogP contribution in [0.15, 0.2) is 90.1 Å². The molecular formula is C26H24FN5OS. The average Bonchev–Trinajstić information content (AvgIpc) is 3.33. The molecule has 1 fully saturated rings. The molecule has 8 heteroatoms. The molecule has 0 unspecified atom stereocenters. The second kappa shape index (κ2) is 10.1. The highest BCUT2D eigenvalue weighted by Crippen LogP contribution is 2.28. The molecule has 1 amide bonds. The third-order valence-electron chi connectivity index (χ3n) is 5.83. The first-order chi connectivity index (χ1) is 16.7. The molecule has 3 aromatic carbocycles. The highest BCUT2D eigenvalue weighted by molar-refractivity contribution is 7.99. The smallest absolute Gasteiger partial charge is 0.233 e. The number of para-hydroxylation sites is 2. The number of anilines is 1. The minimum Gasteiger partial charge on any atom is -0.366 e. The van der Waals surface area contributed by atoms with Crippen molar-refractivity contribution in [2.75, 3.05) is 36.8 Å². The van der Waals surface area contributed by atoms with Gasteiger partial charge in [0, 0.05) is 37.4 Å². The van der Waals surface area contributed by atoms with E-state index in [9.17, 15) is 9.18 Å². The quantitative estimate of drug-likeness (QED) is 0.386. The second-order valence-electron chi connectivity index (χ2n) is 7.95. The van der Waals surface area contributed by atoms with Crippen LogP contribution in [0.3, 0.4) is 0 Å². The summed E-state index contributed by atoms with van der Waals surface area (Å²) >= 11 is 1.38. The second-order valence-corrected chi connectivity index (χ2v) is 8.89. The van der Waals surface area contributed by atoms with E-state index in [1.54, 1.807) is 12.1 Å². The van der Waals surface area contributed by atoms with E-state index in [4.69, 9.17) is 0 Å². The summed E-state index contributed by atoms with van der Waals surface area (Å²) in [5.74, 6) is 0.814. The fourth-order valence-corrected chi connectivity index (χ4v) is 4.92. The van der Waals surface area contributed by atoms with Gasteiger partial charge in [-0.3, -0.25) is 9.36 Å². The Hall–Kier alpha value is -3.65. The molecule has 5 rings (SSSR count). The van der Waals surface area contributed by atoms with Gasteiger partial charge in [-0.15, -0.1) is 10.2 Å². The predicted molar refractivity (Wildman–Crippen MR) is 133 cm³/mol. The number of halogens is 1. The van der Waals surface area contributed by atoms with Gasteiger partial charge >= 0.3 is 0 Å². The van der Waals surface area contributed by atoms with E-state index in [2.05, 4.69) is 10.2 Å². The Bertz CT molecular complexity index is 1260. The number of aromatic nitrogens is 3. The molecular weight excluding hydrogens is 449 g/mol. The summed E-state index contributed by atoms with van der Waals surface area (Å²) in [7, 11) is 0. The highest BCUT2D eigenvalue weighted by Gasteiger charge is 2.24. The van der Waals surface area contributed by atoms with Gasteiger partial charge in [-0.1, -0.05) is 72.4 Å². The molecule has 1 aliphatic rings. The van der Waals surface area contributed by atoms with Crippen LogP contribution >= 0.6 is 11.8 Å². The van der Waals surface area contributed by atoms with Gasteiger partial charge in [-0.25, -0.2) is 4.39 Å². The van der Waals surface area contributed by atoms with Gasteiger partial charge in [0.1, 0.15) is 5.82 Å². The zero-order valence-electron chi connectivity index (χ0n) is 18.5. The number of nitrogens with zero attached hydrogens (tertiary/aromatic N) is 5. The van der Waals surface area contributed by atoms with Crippen LogP contribution in [-0.4, -0.2) is 57.5 Å². The number of rotatable bonds is 6. The third kappa shape index (κ3) is 4.68. The number of thioether (sulfide) groups is 1. The normalized spacial score (nSPS) is 13.8. The Morgan fingerprint density at radius 2 is 1.47 bits per heavy atom. The molecule has 1 aromatic heterocycles. The average molecular weight is 474 g/mol. The molecule has 2 heterocycles. The molecule has 0 aliphatic carbocycles. The monoisotopic (exact) mass is 473 g/mol. The van der Waals surface area contributed by atoms with Crippen molar-refractivity contribution in [3.8, 4) is 17.1 Å². The maximum Gasteiger partial charge on any atom is 0.233 e. The van der Waals surface area contributed by atoms with Gasteiger partial charge < -0.3 is 9.80 Å². The predicted octanol–water partition coefficient (Wildman–Crippen LogP) is 4.51. The van der Waals surface area contributed by atoms with Gasteiger partial charge in [-0.2, -0.15) is 0 Å². The lowest BCUT2D eigenvalue weighted by Crippen LogP contribution is -2.49. The van der Waals surface area contributed by atoms with Crippen molar-refractivity contribution in [3.63, 3.8) is 0 Å². The summed E-state index contributed by atoms with van der Waals surface area (Å²) in [4.78, 5) is 16.8. The number of carbonyl (C=O) groups excluding carboxylic acids is 1. The van der Waals surface area contributed by atoms with Crippen molar-refractivity contribution in [3.05, 3.63) is 90.7 Å². The molecule has 34 heavy (non-hydrogen) atoms. The fourth-order valence-electron chi connectivity index (χ4n) is 4.07. The fraction of sp³-hybridized carbons (Fsp3) is 0.192. The number of amides is 1. The molecule has 0 N–H and O–H groups in total. The Morgan fingerprint density at radius 3 is 2.18 bits per heavy atom. The summed E-state index contributed by atoms with van der Waals surface area (Å²) in [5, 5.41) is 9.50. The lowest BCUT2D eigenvalue weighted by atomic mass is 10.2. The number of hydrogen-bond acceptors (Lipinski definition) is 5. The van der Waals surface area contributed by atoms with Crippen molar-refractivity contribution < 1.29 is 9.18 Å². The first kappa shape index (κ1) is 22.2. The lowest BCUT2D eigenvalue weighted by molar-refractivity contribution is -0.128. The summed E-state index contributed by atoms with van der Waals surface area (Å²) in [5.41, 5.74) is 2.49. The first-order valence-electron chi connectivity index (χ1n) is 11.2. The largest absolute Gasteiger partial charge is 0.366 e. The van der Waals surface area contributed by atoms with Crippen LogP contribution in [-0.2, 0) is 4.79 Å². The molecule has 1 saturated heterocycles. The van der Waals surface area contributed by atoms with Gasteiger partial charge in [0.2, 0.25) is 5.91 Å². The first-order valence-corrected chi connectivity index (χ1v) is 12.2. The zero-order chi connectivity index (χ0) is 23.3. The molecule has 172 valence electrons. The molecule has 6 nitrogen and oxygen atoms in total. The van der Waals surface area contributed by atoms with Gasteiger partial charge in [0.05, 0.1) is 11.4 Å². The maximum atomic E-state index is 14.1. The van der Waals surface area contributed by atoms with Crippen molar-refractivity contribution in [2.45, 2.75) is 5.16 Å². The SMILES string of the molecule is O=C(CSc1nnc(-c2ccccc2)n1-c1ccccc1)N1CCN(c2ccccc2F)CC1. The molecule has 0 radical (unpaired) electrons. The number of benzene rings is 3. The van der Waals surface area contributed by atoms with Crippen LogP contribution in [0, 0.1) is 5.82 Å². The summed E-state index contributed by atoms with van der Waals surface area (Å²) in [6.45, 7) is 2.34. The van der Waals surface area contributed by atoms with Crippen LogP contribution in [0.5, 0.6) is 0 Å². The van der Waals surface area contributed by atoms with Gasteiger partial charge in [0.25, 0.3) is 0 Å². The molecule has 0 spiro atoms. The molecule has 4 aromatic rings. The van der Waals surface area contributed by atoms with Crippen LogP contribution in [0.2, 0.25) is 0 Å². The Labute approximate surface area is 202 Å². The van der Waals surface area contributed by atoms with Crippen LogP contribution < -0.4 is 4.90 Å². The van der Waals surface area contributed by atoms with Crippen molar-refractivity contribution in [1.82, 2.24) is 19.7 Å². The summed E-state index contributed by atoms with van der Waals surface area (Å²) in [6.07, 6.45) is 0. The van der Waals surface area contributed by atoms with E-state index < -0.39 is 0 Å². The minimum absolute atomic E-state index is 0.0436. The van der Waals surface area contributed by atoms with Crippen molar-refractivity contribution >= 4 is 23.4 Å². The number of piperazine rings is 1. The molecule has 0 bridgehead atoms. The van der Waals surface area contributed by atoms with Crippen LogP contribution in [0.4, 0.5) is 10.1 Å². The third-order valence-corrected chi connectivity index (χ3v) is 6.74. The van der Waals surface area contributed by atoms with E-state index in [0.717, 1.165) is 17.1 Å². The summed E-state index contributed by atoms with van der Waals surface area (Å²) in [6, 6.07) is 26.6. The molecule has 0 saturated carbocycles.